The number of halogens is 1. The quantitative estimate of drug-likeness (QED) is 0.631. The molecule has 1 aliphatic rings. The third-order valence-electron chi connectivity index (χ3n) is 4.18. The Morgan fingerprint density at radius 3 is 2.65 bits per heavy atom. The van der Waals surface area contributed by atoms with Crippen LogP contribution in [0.15, 0.2) is 72.8 Å². The molecule has 0 atom stereocenters. The molecule has 3 nitrogen and oxygen atoms in total. The highest BCUT2D eigenvalue weighted by molar-refractivity contribution is 6.36. The Bertz CT molecular complexity index is 996. The topological polar surface area (TPSA) is 38.3 Å². The van der Waals surface area contributed by atoms with Gasteiger partial charge in [-0.2, -0.15) is 0 Å². The number of nitrogens with one attached hydrogen (secondary N) is 1. The summed E-state index contributed by atoms with van der Waals surface area (Å²) >= 11 is 6.00. The van der Waals surface area contributed by atoms with E-state index in [-0.39, 0.29) is 5.91 Å². The Hall–Kier alpha value is -3.04. The number of hydrogen-bond donors (Lipinski definition) is 1. The summed E-state index contributed by atoms with van der Waals surface area (Å²) in [6, 6.07) is 23.1. The van der Waals surface area contributed by atoms with Gasteiger partial charge < -0.3 is 10.1 Å². The summed E-state index contributed by atoms with van der Waals surface area (Å²) in [7, 11) is 0. The van der Waals surface area contributed by atoms with E-state index in [0.29, 0.717) is 17.2 Å². The molecule has 0 saturated carbocycles. The fraction of sp³-hybridized carbons (Fsp3) is 0.0455. The molecule has 4 heteroatoms. The van der Waals surface area contributed by atoms with Crippen molar-refractivity contribution in [3.63, 3.8) is 0 Å². The van der Waals surface area contributed by atoms with Crippen molar-refractivity contribution in [2.45, 2.75) is 6.61 Å². The lowest BCUT2D eigenvalue weighted by Gasteiger charge is -2.07. The highest BCUT2D eigenvalue weighted by Gasteiger charge is 2.24. The van der Waals surface area contributed by atoms with E-state index in [1.165, 1.54) is 0 Å². The molecule has 0 bridgehead atoms. The molecule has 1 heterocycles. The van der Waals surface area contributed by atoms with E-state index in [9.17, 15) is 4.79 Å². The Balaban J connectivity index is 1.57. The average Bonchev–Trinajstić information content (AvgIpc) is 2.96. The van der Waals surface area contributed by atoms with E-state index in [4.69, 9.17) is 16.3 Å². The second-order valence-corrected chi connectivity index (χ2v) is 6.49. The maximum Gasteiger partial charge on any atom is 0.256 e. The first-order chi connectivity index (χ1) is 12.7. The molecule has 0 unspecified atom stereocenters. The molecule has 4 rings (SSSR count). The number of ether oxygens (including phenoxy) is 1. The number of rotatable bonds is 4. The van der Waals surface area contributed by atoms with Crippen molar-refractivity contribution >= 4 is 34.8 Å². The molecular formula is C22H16ClNO2. The van der Waals surface area contributed by atoms with Gasteiger partial charge in [-0.1, -0.05) is 60.1 Å². The summed E-state index contributed by atoms with van der Waals surface area (Å²) in [6.45, 7) is 0.503. The third-order valence-corrected chi connectivity index (χ3v) is 4.42. The summed E-state index contributed by atoms with van der Waals surface area (Å²) in [4.78, 5) is 12.3. The maximum atomic E-state index is 12.3. The molecule has 1 amide bonds. The van der Waals surface area contributed by atoms with E-state index < -0.39 is 0 Å². The van der Waals surface area contributed by atoms with Crippen molar-refractivity contribution in [1.82, 2.24) is 0 Å². The van der Waals surface area contributed by atoms with Gasteiger partial charge in [0, 0.05) is 16.2 Å². The predicted octanol–water partition coefficient (Wildman–Crippen LogP) is 5.41. The van der Waals surface area contributed by atoms with Crippen molar-refractivity contribution < 1.29 is 9.53 Å². The molecule has 0 saturated heterocycles. The van der Waals surface area contributed by atoms with Gasteiger partial charge in [0.15, 0.2) is 0 Å². The predicted molar refractivity (Wildman–Crippen MR) is 105 cm³/mol. The highest BCUT2D eigenvalue weighted by Crippen LogP contribution is 2.35. The molecule has 3 aromatic carbocycles. The van der Waals surface area contributed by atoms with E-state index >= 15 is 0 Å². The van der Waals surface area contributed by atoms with Crippen LogP contribution in [0.4, 0.5) is 5.69 Å². The van der Waals surface area contributed by atoms with Gasteiger partial charge in [-0.15, -0.1) is 0 Å². The Kier molecular flexibility index (Phi) is 4.46. The highest BCUT2D eigenvalue weighted by atomic mass is 35.5. The number of hydrogen-bond acceptors (Lipinski definition) is 2. The average molecular weight is 362 g/mol. The minimum atomic E-state index is -0.127. The first-order valence-corrected chi connectivity index (χ1v) is 8.66. The molecule has 0 aliphatic carbocycles. The van der Waals surface area contributed by atoms with E-state index in [1.54, 1.807) is 12.1 Å². The monoisotopic (exact) mass is 361 g/mol. The number of amides is 1. The van der Waals surface area contributed by atoms with Crippen LogP contribution >= 0.6 is 11.6 Å². The molecule has 3 aromatic rings. The van der Waals surface area contributed by atoms with Crippen molar-refractivity contribution in [3.8, 4) is 5.75 Å². The summed E-state index contributed by atoms with van der Waals surface area (Å²) in [5.41, 5.74) is 4.23. The zero-order chi connectivity index (χ0) is 17.9. The van der Waals surface area contributed by atoms with Gasteiger partial charge in [0.2, 0.25) is 0 Å². The molecular weight excluding hydrogens is 346 g/mol. The molecule has 26 heavy (non-hydrogen) atoms. The van der Waals surface area contributed by atoms with Gasteiger partial charge in [-0.25, -0.2) is 0 Å². The van der Waals surface area contributed by atoms with Crippen LogP contribution in [-0.2, 0) is 11.4 Å². The van der Waals surface area contributed by atoms with Crippen LogP contribution in [0.2, 0.25) is 5.02 Å². The molecule has 1 aliphatic heterocycles. The SMILES string of the molecule is O=C1Nc2cc(Cl)ccc2/C1=C\c1cccc(OCc2ccccc2)c1. The molecule has 0 spiro atoms. The van der Waals surface area contributed by atoms with Gasteiger partial charge in [-0.3, -0.25) is 4.79 Å². The summed E-state index contributed by atoms with van der Waals surface area (Å²) in [6.07, 6.45) is 1.87. The van der Waals surface area contributed by atoms with Crippen LogP contribution < -0.4 is 10.1 Å². The van der Waals surface area contributed by atoms with Crippen molar-refractivity contribution in [2.75, 3.05) is 5.32 Å². The first kappa shape index (κ1) is 16.4. The minimum Gasteiger partial charge on any atom is -0.489 e. The number of benzene rings is 3. The number of anilines is 1. The van der Waals surface area contributed by atoms with Gasteiger partial charge >= 0.3 is 0 Å². The fourth-order valence-corrected chi connectivity index (χ4v) is 3.08. The number of carbonyl (C=O) groups excluding carboxylic acids is 1. The van der Waals surface area contributed by atoms with E-state index in [2.05, 4.69) is 5.32 Å². The fourth-order valence-electron chi connectivity index (χ4n) is 2.91. The number of carbonyl (C=O) groups is 1. The molecule has 0 fully saturated rings. The first-order valence-electron chi connectivity index (χ1n) is 8.29. The lowest BCUT2D eigenvalue weighted by Crippen LogP contribution is -2.03. The van der Waals surface area contributed by atoms with E-state index in [1.807, 2.05) is 66.7 Å². The Morgan fingerprint density at radius 2 is 1.81 bits per heavy atom. The van der Waals surface area contributed by atoms with Crippen LogP contribution in [0, 0.1) is 0 Å². The van der Waals surface area contributed by atoms with Crippen molar-refractivity contribution in [2.24, 2.45) is 0 Å². The standard InChI is InChI=1S/C22H16ClNO2/c23-17-9-10-19-20(22(25)24-21(19)13-17)12-16-7-4-8-18(11-16)26-14-15-5-2-1-3-6-15/h1-13H,14H2,(H,24,25)/b20-12+. The van der Waals surface area contributed by atoms with Crippen LogP contribution in [-0.4, -0.2) is 5.91 Å². The summed E-state index contributed by atoms with van der Waals surface area (Å²) in [5.74, 6) is 0.635. The van der Waals surface area contributed by atoms with Gasteiger partial charge in [0.05, 0.1) is 5.69 Å². The Labute approximate surface area is 156 Å². The van der Waals surface area contributed by atoms with Gasteiger partial charge in [0.1, 0.15) is 12.4 Å². The lowest BCUT2D eigenvalue weighted by atomic mass is 10.0. The van der Waals surface area contributed by atoms with Crippen molar-refractivity contribution in [3.05, 3.63) is 94.5 Å². The van der Waals surface area contributed by atoms with Crippen molar-refractivity contribution in [1.29, 1.82) is 0 Å². The van der Waals surface area contributed by atoms with E-state index in [0.717, 1.165) is 28.1 Å². The largest absolute Gasteiger partial charge is 0.489 e. The zero-order valence-electron chi connectivity index (χ0n) is 13.9. The maximum absolute atomic E-state index is 12.3. The van der Waals surface area contributed by atoms with Crippen LogP contribution in [0.25, 0.3) is 11.6 Å². The molecule has 1 N–H and O–H groups in total. The second kappa shape index (κ2) is 7.06. The van der Waals surface area contributed by atoms with Gasteiger partial charge in [0.25, 0.3) is 5.91 Å². The summed E-state index contributed by atoms with van der Waals surface area (Å²) < 4.78 is 5.86. The third kappa shape index (κ3) is 3.48. The second-order valence-electron chi connectivity index (χ2n) is 6.05. The van der Waals surface area contributed by atoms with Crippen LogP contribution in [0.3, 0.4) is 0 Å². The zero-order valence-corrected chi connectivity index (χ0v) is 14.7. The smallest absolute Gasteiger partial charge is 0.256 e. The number of fused-ring (bicyclic) bond motifs is 1. The molecule has 128 valence electrons. The lowest BCUT2D eigenvalue weighted by molar-refractivity contribution is -0.110. The summed E-state index contributed by atoms with van der Waals surface area (Å²) in [5, 5.41) is 3.45. The minimum absolute atomic E-state index is 0.127. The Morgan fingerprint density at radius 1 is 0.962 bits per heavy atom. The molecule has 0 radical (unpaired) electrons. The van der Waals surface area contributed by atoms with Crippen LogP contribution in [0.5, 0.6) is 5.75 Å². The van der Waals surface area contributed by atoms with Gasteiger partial charge in [-0.05, 0) is 41.5 Å². The molecule has 0 aromatic heterocycles. The normalized spacial score (nSPS) is 14.2. The van der Waals surface area contributed by atoms with Crippen LogP contribution in [0.1, 0.15) is 16.7 Å².